The summed E-state index contributed by atoms with van der Waals surface area (Å²) in [7, 11) is 3.09. The highest BCUT2D eigenvalue weighted by Crippen LogP contribution is 2.48. The lowest BCUT2D eigenvalue weighted by molar-refractivity contribution is 0.0963. The number of hydrogen-bond donors (Lipinski definition) is 1. The van der Waals surface area contributed by atoms with Crippen LogP contribution in [-0.2, 0) is 0 Å². The van der Waals surface area contributed by atoms with E-state index in [1.807, 2.05) is 12.1 Å². The van der Waals surface area contributed by atoms with Crippen LogP contribution in [0.3, 0.4) is 0 Å². The van der Waals surface area contributed by atoms with Crippen LogP contribution in [0, 0.1) is 0 Å². The van der Waals surface area contributed by atoms with Crippen LogP contribution < -0.4 is 15.0 Å². The number of carbonyl (C=O) groups is 1. The molecule has 0 spiro atoms. The van der Waals surface area contributed by atoms with Gasteiger partial charge in [-0.05, 0) is 12.1 Å². The molecule has 0 saturated heterocycles. The molecule has 2 aromatic rings. The second kappa shape index (κ2) is 4.64. The number of nitrogens with one attached hydrogen (secondary N) is 1. The summed E-state index contributed by atoms with van der Waals surface area (Å²) >= 11 is 5.97. The summed E-state index contributed by atoms with van der Waals surface area (Å²) in [6.07, 6.45) is 0. The molecule has 2 bridgehead atoms. The smallest absolute Gasteiger partial charge is 0.253 e. The maximum absolute atomic E-state index is 11.9. The topological polar surface area (TPSA) is 67.4 Å². The zero-order chi connectivity index (χ0) is 14.3. The molecular weight excluding hydrogens is 280 g/mol. The molecule has 1 N–H and O–H groups in total. The monoisotopic (exact) mass is 290 g/mol. The fraction of sp³-hybridized carbons (Fsp3) is 0.154. The maximum atomic E-state index is 11.9. The van der Waals surface area contributed by atoms with E-state index >= 15 is 0 Å². The first-order valence-electron chi connectivity index (χ1n) is 5.90. The summed E-state index contributed by atoms with van der Waals surface area (Å²) in [6.45, 7) is 0. The summed E-state index contributed by atoms with van der Waals surface area (Å²) in [4.78, 5) is 22.0. The zero-order valence-corrected chi connectivity index (χ0v) is 11.6. The molecule has 7 heteroatoms. The third-order valence-corrected chi connectivity index (χ3v) is 3.28. The number of aromatic nitrogens is 2. The maximum Gasteiger partial charge on any atom is 0.253 e. The summed E-state index contributed by atoms with van der Waals surface area (Å²) in [5.41, 5.74) is 1.22. The average molecular weight is 291 g/mol. The van der Waals surface area contributed by atoms with Gasteiger partial charge in [0, 0.05) is 7.05 Å². The number of anilines is 3. The van der Waals surface area contributed by atoms with Crippen molar-refractivity contribution in [3.8, 4) is 5.75 Å². The normalized spacial score (nSPS) is 11.8. The molecule has 1 aliphatic heterocycles. The number of rotatable bonds is 3. The minimum Gasteiger partial charge on any atom is -0.490 e. The highest BCUT2D eigenvalue weighted by Gasteiger charge is 2.34. The molecule has 20 heavy (non-hydrogen) atoms. The average Bonchev–Trinajstić information content (AvgIpc) is 2.46. The van der Waals surface area contributed by atoms with Crippen LogP contribution in [0.1, 0.15) is 10.4 Å². The minimum absolute atomic E-state index is 0.180. The molecule has 0 radical (unpaired) electrons. The number of nitrogens with zero attached hydrogens (tertiary/aromatic N) is 3. The molecule has 6 nitrogen and oxygen atoms in total. The van der Waals surface area contributed by atoms with Crippen LogP contribution >= 0.6 is 11.6 Å². The first-order chi connectivity index (χ1) is 9.67. The van der Waals surface area contributed by atoms with E-state index in [0.717, 1.165) is 0 Å². The lowest BCUT2D eigenvalue weighted by Crippen LogP contribution is -2.28. The van der Waals surface area contributed by atoms with Crippen molar-refractivity contribution in [3.63, 3.8) is 0 Å². The summed E-state index contributed by atoms with van der Waals surface area (Å²) in [6, 6.07) is 7.20. The fourth-order valence-electron chi connectivity index (χ4n) is 2.10. The molecule has 2 heterocycles. The predicted octanol–water partition coefficient (Wildman–Crippen LogP) is 2.28. The lowest BCUT2D eigenvalue weighted by atomic mass is 10.1. The van der Waals surface area contributed by atoms with Crippen molar-refractivity contribution in [2.45, 2.75) is 0 Å². The number of carbonyl (C=O) groups excluding carboxylic acids is 1. The molecule has 0 saturated carbocycles. The van der Waals surface area contributed by atoms with Crippen molar-refractivity contribution in [2.75, 3.05) is 19.1 Å². The highest BCUT2D eigenvalue weighted by atomic mass is 35.5. The van der Waals surface area contributed by atoms with Crippen molar-refractivity contribution in [1.29, 1.82) is 0 Å². The molecule has 0 unspecified atom stereocenters. The molecule has 1 aromatic heterocycles. The number of ether oxygens (including phenoxy) is 1. The van der Waals surface area contributed by atoms with Crippen LogP contribution in [-0.4, -0.2) is 30.0 Å². The van der Waals surface area contributed by atoms with E-state index in [4.69, 9.17) is 16.3 Å². The molecule has 3 rings (SSSR count). The van der Waals surface area contributed by atoms with Gasteiger partial charge in [-0.1, -0.05) is 23.7 Å². The van der Waals surface area contributed by atoms with E-state index in [0.29, 0.717) is 28.8 Å². The van der Waals surface area contributed by atoms with E-state index in [1.165, 1.54) is 7.11 Å². The van der Waals surface area contributed by atoms with Gasteiger partial charge in [-0.3, -0.25) is 9.69 Å². The minimum atomic E-state index is -0.180. The van der Waals surface area contributed by atoms with Gasteiger partial charge < -0.3 is 10.1 Å². The molecule has 102 valence electrons. The highest BCUT2D eigenvalue weighted by molar-refractivity contribution is 6.31. The summed E-state index contributed by atoms with van der Waals surface area (Å²) in [5, 5.41) is 2.87. The second-order valence-electron chi connectivity index (χ2n) is 4.10. The van der Waals surface area contributed by atoms with Crippen molar-refractivity contribution >= 4 is 35.0 Å². The number of amides is 1. The first-order valence-corrected chi connectivity index (χ1v) is 6.28. The van der Waals surface area contributed by atoms with E-state index in [2.05, 4.69) is 15.3 Å². The molecule has 0 atom stereocenters. The van der Waals surface area contributed by atoms with E-state index in [9.17, 15) is 4.79 Å². The Morgan fingerprint density at radius 2 is 2.10 bits per heavy atom. The second-order valence-corrected chi connectivity index (χ2v) is 4.46. The Labute approximate surface area is 120 Å². The van der Waals surface area contributed by atoms with Crippen molar-refractivity contribution in [3.05, 3.63) is 35.0 Å². The number of hydrogen-bond acceptors (Lipinski definition) is 5. The molecule has 1 amide bonds. The Kier molecular flexibility index (Phi) is 2.94. The summed E-state index contributed by atoms with van der Waals surface area (Å²) in [5.74, 6) is 1.22. The van der Waals surface area contributed by atoms with Crippen LogP contribution in [0.4, 0.5) is 17.5 Å². The van der Waals surface area contributed by atoms with Crippen molar-refractivity contribution in [2.24, 2.45) is 0 Å². The van der Waals surface area contributed by atoms with Crippen LogP contribution in [0.15, 0.2) is 24.3 Å². The SMILES string of the molecule is CNC(=O)c1ccccc1N1C2=NC1=C(OC)C(Cl)=N2. The van der Waals surface area contributed by atoms with Crippen LogP contribution in [0.5, 0.6) is 5.75 Å². The number of fused-ring (bicyclic) bond motifs is 2. The van der Waals surface area contributed by atoms with Gasteiger partial charge in [0.1, 0.15) is 0 Å². The number of para-hydroxylation sites is 1. The van der Waals surface area contributed by atoms with Gasteiger partial charge in [-0.15, -0.1) is 0 Å². The van der Waals surface area contributed by atoms with Crippen LogP contribution in [0.25, 0.3) is 0 Å². The van der Waals surface area contributed by atoms with Crippen LogP contribution in [0.2, 0.25) is 5.15 Å². The Hall–Kier alpha value is -2.34. The Morgan fingerprint density at radius 1 is 1.35 bits per heavy atom. The van der Waals surface area contributed by atoms with Gasteiger partial charge in [0.25, 0.3) is 5.91 Å². The van der Waals surface area contributed by atoms with Gasteiger partial charge in [-0.25, -0.2) is 0 Å². The quantitative estimate of drug-likeness (QED) is 0.750. The largest absolute Gasteiger partial charge is 0.490 e. The number of halogens is 1. The standard InChI is InChI=1S/C13H11ClN4O2/c1-15-12(19)7-5-3-4-6-8(7)18-11-9(20-2)10(14)16-13(18)17-11/h3-6H,1-2H3,(H,15,19). The third kappa shape index (κ3) is 1.69. The first kappa shape index (κ1) is 12.7. The molecule has 0 fully saturated rings. The third-order valence-electron chi connectivity index (χ3n) is 3.03. The van der Waals surface area contributed by atoms with Crippen molar-refractivity contribution < 1.29 is 9.53 Å². The predicted molar refractivity (Wildman–Crippen MR) is 75.2 cm³/mol. The fourth-order valence-corrected chi connectivity index (χ4v) is 2.33. The van der Waals surface area contributed by atoms with Gasteiger partial charge in [0.2, 0.25) is 5.95 Å². The van der Waals surface area contributed by atoms with E-state index < -0.39 is 0 Å². The Morgan fingerprint density at radius 3 is 2.80 bits per heavy atom. The number of methoxy groups -OCH3 is 1. The van der Waals surface area contributed by atoms with Gasteiger partial charge >= 0.3 is 0 Å². The van der Waals surface area contributed by atoms with Gasteiger partial charge in [0.05, 0.1) is 18.4 Å². The molecule has 1 aliphatic rings. The Balaban J connectivity index is 2.10. The van der Waals surface area contributed by atoms with Gasteiger partial charge in [0.15, 0.2) is 16.7 Å². The van der Waals surface area contributed by atoms with E-state index in [1.54, 1.807) is 24.1 Å². The molecule has 0 aliphatic carbocycles. The lowest BCUT2D eigenvalue weighted by Gasteiger charge is -2.32. The van der Waals surface area contributed by atoms with E-state index in [-0.39, 0.29) is 11.1 Å². The molecular formula is C13H11ClN4O2. The zero-order valence-electron chi connectivity index (χ0n) is 10.8. The van der Waals surface area contributed by atoms with Gasteiger partial charge in [-0.2, -0.15) is 9.97 Å². The Bertz CT molecular complexity index is 705. The van der Waals surface area contributed by atoms with Crippen molar-refractivity contribution in [1.82, 2.24) is 15.3 Å². The summed E-state index contributed by atoms with van der Waals surface area (Å²) < 4.78 is 5.20. The number of benzene rings is 1. The molecule has 1 aromatic carbocycles.